The van der Waals surface area contributed by atoms with Crippen molar-refractivity contribution >= 4 is 71.1 Å². The second-order valence-corrected chi connectivity index (χ2v) is 26.9. The second kappa shape index (κ2) is 38.3. The molecule has 2 aliphatic carbocycles. The van der Waals surface area contributed by atoms with Crippen LogP contribution in [0.4, 0.5) is 0 Å². The Morgan fingerprint density at radius 2 is 1.03 bits per heavy atom. The van der Waals surface area contributed by atoms with Crippen molar-refractivity contribution in [3.8, 4) is 0 Å². The highest BCUT2D eigenvalue weighted by molar-refractivity contribution is 7.99. The van der Waals surface area contributed by atoms with Gasteiger partial charge in [-0.05, 0) is 122 Å². The van der Waals surface area contributed by atoms with Crippen molar-refractivity contribution in [3.63, 3.8) is 0 Å². The van der Waals surface area contributed by atoms with E-state index >= 15 is 0 Å². The Bertz CT molecular complexity index is 2630. The van der Waals surface area contributed by atoms with E-state index in [1.165, 1.54) is 81.5 Å². The van der Waals surface area contributed by atoms with Gasteiger partial charge in [-0.2, -0.15) is 23.5 Å². The Kier molecular flexibility index (Phi) is 31.5. The number of hydrogen-bond donors (Lipinski definition) is 12. The van der Waals surface area contributed by atoms with E-state index in [1.54, 1.807) is 24.3 Å². The zero-order valence-electron chi connectivity index (χ0n) is 52.5. The summed E-state index contributed by atoms with van der Waals surface area (Å²) >= 11 is 3.06. The molecule has 91 heavy (non-hydrogen) atoms. The normalized spacial score (nSPS) is 25.2. The van der Waals surface area contributed by atoms with Crippen LogP contribution in [0.15, 0.2) is 48.5 Å². The highest BCUT2D eigenvalue weighted by atomic mass is 32.2. The SMILES string of the molecule is CC(=O)N[C@H]1[C@H]([C@H](O)[C@H](O)CNC(=O)c2ccc(C3CCCCC3)cc2)O[C@](C=O)(OCCCSCCNC(=O)CCCCC(=O)CCCSCCCO[C@]2(C(=O)O)C[C@H](O)[C@@H](NC(C)=O)[C@H]([C@H](O)[C@H](O)CNC(=O)c3ccc(C4CCCCC4)cc3)O2)C[C@@H]1O. The fourth-order valence-corrected chi connectivity index (χ4v) is 13.9. The minimum Gasteiger partial charge on any atom is -0.477 e. The Morgan fingerprint density at radius 1 is 0.582 bits per heavy atom. The number of benzene rings is 2. The van der Waals surface area contributed by atoms with Crippen LogP contribution in [-0.2, 0) is 47.7 Å². The molecular weight excluding hydrogens is 1220 g/mol. The summed E-state index contributed by atoms with van der Waals surface area (Å²) in [6.07, 6.45) is 1.25. The number of rotatable bonds is 38. The second-order valence-electron chi connectivity index (χ2n) is 24.4. The molecule has 2 aromatic rings. The first kappa shape index (κ1) is 74.9. The van der Waals surface area contributed by atoms with Gasteiger partial charge in [-0.1, -0.05) is 62.8 Å². The molecule has 2 saturated carbocycles. The molecule has 0 spiro atoms. The molecule has 6 rings (SSSR count). The predicted molar refractivity (Wildman–Crippen MR) is 340 cm³/mol. The first-order valence-corrected chi connectivity index (χ1v) is 34.6. The highest BCUT2D eigenvalue weighted by Crippen LogP contribution is 2.37. The molecule has 0 radical (unpaired) electrons. The van der Waals surface area contributed by atoms with Crippen molar-refractivity contribution in [1.82, 2.24) is 26.6 Å². The summed E-state index contributed by atoms with van der Waals surface area (Å²) in [5, 5.41) is 90.3. The van der Waals surface area contributed by atoms with Gasteiger partial charge in [0.15, 0.2) is 6.29 Å². The van der Waals surface area contributed by atoms with Crippen LogP contribution < -0.4 is 26.6 Å². The first-order valence-electron chi connectivity index (χ1n) is 32.3. The fraction of sp³-hybridized carbons (Fsp3) is 0.692. The lowest BCUT2D eigenvalue weighted by Gasteiger charge is -2.46. The van der Waals surface area contributed by atoms with Crippen molar-refractivity contribution in [3.05, 3.63) is 70.8 Å². The van der Waals surface area contributed by atoms with E-state index in [0.29, 0.717) is 104 Å². The molecule has 24 nitrogen and oxygen atoms in total. The monoisotopic (exact) mass is 1320 g/mol. The molecule has 4 fully saturated rings. The van der Waals surface area contributed by atoms with Crippen LogP contribution in [0.2, 0.25) is 0 Å². The molecule has 2 aliphatic heterocycles. The number of carbonyl (C=O) groups is 8. The number of Topliss-reactive ketones (excluding diaryl/α,β-unsaturated/α-hetero) is 1. The summed E-state index contributed by atoms with van der Waals surface area (Å²) in [6.45, 7) is 1.81. The number of ketones is 1. The van der Waals surface area contributed by atoms with Gasteiger partial charge < -0.3 is 81.3 Å². The van der Waals surface area contributed by atoms with Crippen LogP contribution in [0.1, 0.15) is 186 Å². The quantitative estimate of drug-likeness (QED) is 0.0337. The number of amides is 5. The maximum atomic E-state index is 13.0. The van der Waals surface area contributed by atoms with Gasteiger partial charge in [0.25, 0.3) is 17.6 Å². The van der Waals surface area contributed by atoms with Crippen molar-refractivity contribution in [2.45, 2.75) is 227 Å². The number of hydrogen-bond acceptors (Lipinski definition) is 20. The standard InChI is InChI=1S/C65H97N5O19S2/c1-41(72)69-55-50(75)36-64(40-71,88-59(55)57(80)52(77)38-67-61(82)47-25-21-45(22-26-47)43-14-5-3-6-15-43)86-30-12-34-91-35-29-66-54(79)20-10-9-18-49(74)19-11-32-90-33-13-31-87-65(63(84)85)37-51(76)56(70-42(2)73)60(89-65)58(81)53(78)39-68-62(83)48-27-23-46(24-28-48)44-16-7-4-8-17-44/h21-28,40,43-44,50-53,55-60,75-78,80-81H,3-20,29-39H2,1-2H3,(H,66,79)(H,67,82)(H,68,83)(H,69,72)(H,70,73)(H,84,85)/t50-,51-,52+,53+,55+,56+,57+,58+,59+,60+,64+,65+/m0/s1. The van der Waals surface area contributed by atoms with Crippen molar-refractivity contribution < 1.29 is 93.0 Å². The number of ether oxygens (including phenoxy) is 4. The Hall–Kier alpha value is -5.10. The first-order chi connectivity index (χ1) is 43.6. The fourth-order valence-electron chi connectivity index (χ4n) is 12.3. The average Bonchev–Trinajstić information content (AvgIpc) is 0.817. The Labute approximate surface area is 541 Å². The number of unbranched alkanes of at least 4 members (excludes halogenated alkanes) is 1. The van der Waals surface area contributed by atoms with E-state index in [0.717, 1.165) is 31.2 Å². The van der Waals surface area contributed by atoms with Crippen LogP contribution in [0.25, 0.3) is 0 Å². The summed E-state index contributed by atoms with van der Waals surface area (Å²) in [5.74, 6) is -4.99. The lowest BCUT2D eigenvalue weighted by Crippen LogP contribution is -2.68. The largest absolute Gasteiger partial charge is 0.477 e. The summed E-state index contributed by atoms with van der Waals surface area (Å²) in [5.41, 5.74) is 3.06. The average molecular weight is 1320 g/mol. The van der Waals surface area contributed by atoms with Gasteiger partial charge in [0.05, 0.1) is 49.7 Å². The number of carbonyl (C=O) groups excluding carboxylic acids is 7. The predicted octanol–water partition coefficient (Wildman–Crippen LogP) is 3.68. The molecule has 2 saturated heterocycles. The molecule has 0 bridgehead atoms. The molecule has 508 valence electrons. The smallest absolute Gasteiger partial charge is 0.364 e. The third-order valence-corrected chi connectivity index (χ3v) is 19.5. The van der Waals surface area contributed by atoms with Crippen molar-refractivity contribution in [2.75, 3.05) is 55.9 Å². The van der Waals surface area contributed by atoms with Gasteiger partial charge in [0.1, 0.15) is 30.2 Å². The lowest BCUT2D eigenvalue weighted by atomic mass is 9.84. The number of thioether (sulfide) groups is 2. The maximum Gasteiger partial charge on any atom is 0.364 e. The van der Waals surface area contributed by atoms with Gasteiger partial charge in [0.2, 0.25) is 23.5 Å². The number of aldehydes is 1. The van der Waals surface area contributed by atoms with Crippen LogP contribution in [0, 0.1) is 0 Å². The molecule has 2 aromatic carbocycles. The van der Waals surface area contributed by atoms with E-state index < -0.39 is 122 Å². The van der Waals surface area contributed by atoms with Gasteiger partial charge >= 0.3 is 5.97 Å². The van der Waals surface area contributed by atoms with Gasteiger partial charge in [-0.25, -0.2) is 4.79 Å². The summed E-state index contributed by atoms with van der Waals surface area (Å²) in [6, 6.07) is 12.0. The number of nitrogens with one attached hydrogen (secondary N) is 5. The molecule has 0 aromatic heterocycles. The lowest BCUT2D eigenvalue weighted by molar-refractivity contribution is -0.310. The van der Waals surface area contributed by atoms with Crippen LogP contribution in [0.3, 0.4) is 0 Å². The van der Waals surface area contributed by atoms with Crippen molar-refractivity contribution in [1.29, 1.82) is 0 Å². The van der Waals surface area contributed by atoms with Gasteiger partial charge in [0, 0.05) is 82.5 Å². The zero-order chi connectivity index (χ0) is 65.9. The molecular formula is C65H97N5O19S2. The van der Waals surface area contributed by atoms with E-state index in [-0.39, 0.29) is 37.7 Å². The van der Waals surface area contributed by atoms with E-state index in [1.807, 2.05) is 24.3 Å². The summed E-state index contributed by atoms with van der Waals surface area (Å²) in [4.78, 5) is 101. The van der Waals surface area contributed by atoms with E-state index in [9.17, 15) is 74.1 Å². The molecule has 4 aliphatic rings. The van der Waals surface area contributed by atoms with Crippen LogP contribution >= 0.6 is 23.5 Å². The number of aliphatic hydroxyl groups is 6. The van der Waals surface area contributed by atoms with Gasteiger partial charge in [-0.15, -0.1) is 0 Å². The molecule has 12 N–H and O–H groups in total. The minimum absolute atomic E-state index is 0.0142. The molecule has 0 unspecified atom stereocenters. The topological polar surface area (TPSA) is 375 Å². The van der Waals surface area contributed by atoms with Crippen molar-refractivity contribution in [2.24, 2.45) is 0 Å². The van der Waals surface area contributed by atoms with Crippen LogP contribution in [-0.4, -0.2) is 212 Å². The summed E-state index contributed by atoms with van der Waals surface area (Å²) in [7, 11) is 0. The van der Waals surface area contributed by atoms with Gasteiger partial charge in [-0.3, -0.25) is 33.6 Å². The van der Waals surface area contributed by atoms with E-state index in [2.05, 4.69) is 26.6 Å². The number of carboxylic acid groups (broad SMARTS) is 1. The van der Waals surface area contributed by atoms with E-state index in [4.69, 9.17) is 18.9 Å². The number of aliphatic hydroxyl groups excluding tert-OH is 6. The molecule has 2 heterocycles. The Balaban J connectivity index is 0.800. The molecule has 5 amide bonds. The maximum absolute atomic E-state index is 13.0. The third-order valence-electron chi connectivity index (χ3n) is 17.3. The minimum atomic E-state index is -2.44. The summed E-state index contributed by atoms with van der Waals surface area (Å²) < 4.78 is 23.5. The van der Waals surface area contributed by atoms with Crippen LogP contribution in [0.5, 0.6) is 0 Å². The Morgan fingerprint density at radius 3 is 1.53 bits per heavy atom. The number of aliphatic carboxylic acids is 1. The highest BCUT2D eigenvalue weighted by Gasteiger charge is 2.56. The number of carboxylic acids is 1. The zero-order valence-corrected chi connectivity index (χ0v) is 54.1. The molecule has 26 heteroatoms. The molecule has 12 atom stereocenters. The third kappa shape index (κ3) is 23.7.